The summed E-state index contributed by atoms with van der Waals surface area (Å²) in [5, 5.41) is 4.34. The van der Waals surface area contributed by atoms with E-state index in [1.54, 1.807) is 0 Å². The van der Waals surface area contributed by atoms with Gasteiger partial charge < -0.3 is 5.32 Å². The molecule has 0 amide bonds. The predicted octanol–water partition coefficient (Wildman–Crippen LogP) is 4.61. The van der Waals surface area contributed by atoms with Crippen LogP contribution in [-0.4, -0.2) is 15.9 Å². The molecule has 0 radical (unpaired) electrons. The summed E-state index contributed by atoms with van der Waals surface area (Å²) in [6.45, 7) is 9.71. The maximum atomic E-state index is 4.53. The lowest BCUT2D eigenvalue weighted by molar-refractivity contribution is 0.555. The van der Waals surface area contributed by atoms with Gasteiger partial charge in [0.2, 0.25) is 5.13 Å². The van der Waals surface area contributed by atoms with Gasteiger partial charge in [0.1, 0.15) is 5.82 Å². The minimum Gasteiger partial charge on any atom is -0.360 e. The minimum atomic E-state index is 0.0522. The normalized spacial score (nSPS) is 11.8. The summed E-state index contributed by atoms with van der Waals surface area (Å²) >= 11 is 1.48. The van der Waals surface area contributed by atoms with Crippen LogP contribution in [0.25, 0.3) is 0 Å². The van der Waals surface area contributed by atoms with Crippen molar-refractivity contribution in [1.82, 2.24) is 9.36 Å². The molecule has 0 aliphatic carbocycles. The third kappa shape index (κ3) is 5.80. The Kier molecular flexibility index (Phi) is 6.61. The summed E-state index contributed by atoms with van der Waals surface area (Å²) in [6.07, 6.45) is 7.98. The van der Waals surface area contributed by atoms with Gasteiger partial charge in [0, 0.05) is 23.5 Å². The monoisotopic (exact) mass is 269 g/mol. The molecule has 3 nitrogen and oxygen atoms in total. The zero-order valence-electron chi connectivity index (χ0n) is 12.3. The molecule has 0 unspecified atom stereocenters. The van der Waals surface area contributed by atoms with Gasteiger partial charge in [0.05, 0.1) is 0 Å². The second kappa shape index (κ2) is 7.72. The predicted molar refractivity (Wildman–Crippen MR) is 80.5 cm³/mol. The van der Waals surface area contributed by atoms with Gasteiger partial charge in [-0.15, -0.1) is 0 Å². The Hall–Kier alpha value is -0.640. The number of unbranched alkanes of at least 4 members (excludes halogenated alkanes) is 5. The maximum Gasteiger partial charge on any atom is 0.202 e. The molecule has 0 saturated carbocycles. The Morgan fingerprint density at radius 3 is 2.33 bits per heavy atom. The number of nitrogens with one attached hydrogen (secondary N) is 1. The van der Waals surface area contributed by atoms with Crippen LogP contribution < -0.4 is 5.32 Å². The number of hydrogen-bond donors (Lipinski definition) is 1. The maximum absolute atomic E-state index is 4.53. The Morgan fingerprint density at radius 1 is 1.06 bits per heavy atom. The van der Waals surface area contributed by atoms with Crippen molar-refractivity contribution >= 4 is 16.7 Å². The summed E-state index contributed by atoms with van der Waals surface area (Å²) in [5.41, 5.74) is 0.0522. The van der Waals surface area contributed by atoms with Crippen LogP contribution in [0.15, 0.2) is 0 Å². The van der Waals surface area contributed by atoms with E-state index in [0.29, 0.717) is 0 Å². The fourth-order valence-corrected chi connectivity index (χ4v) is 2.48. The van der Waals surface area contributed by atoms with Gasteiger partial charge in [-0.3, -0.25) is 0 Å². The van der Waals surface area contributed by atoms with Crippen molar-refractivity contribution in [2.24, 2.45) is 0 Å². The zero-order chi connectivity index (χ0) is 13.4. The lowest BCUT2D eigenvalue weighted by atomic mass is 9.96. The number of anilines is 1. The molecular formula is C14H27N3S. The van der Waals surface area contributed by atoms with E-state index in [4.69, 9.17) is 0 Å². The first-order valence-corrected chi connectivity index (χ1v) is 7.89. The average Bonchev–Trinajstić information content (AvgIpc) is 2.76. The molecule has 1 heterocycles. The highest BCUT2D eigenvalue weighted by Crippen LogP contribution is 2.22. The SMILES string of the molecule is CCCCCCCCNc1nc(C(C)(C)C)ns1. The van der Waals surface area contributed by atoms with Gasteiger partial charge in [0.25, 0.3) is 0 Å². The van der Waals surface area contributed by atoms with E-state index >= 15 is 0 Å². The van der Waals surface area contributed by atoms with E-state index in [-0.39, 0.29) is 5.41 Å². The summed E-state index contributed by atoms with van der Waals surface area (Å²) in [6, 6.07) is 0. The first-order chi connectivity index (χ1) is 8.54. The van der Waals surface area contributed by atoms with Gasteiger partial charge in [-0.05, 0) is 6.42 Å². The van der Waals surface area contributed by atoms with E-state index in [0.717, 1.165) is 17.5 Å². The molecule has 1 rings (SSSR count). The van der Waals surface area contributed by atoms with Crippen LogP contribution in [-0.2, 0) is 5.41 Å². The van der Waals surface area contributed by atoms with Crippen molar-refractivity contribution in [2.45, 2.75) is 71.6 Å². The van der Waals surface area contributed by atoms with Crippen molar-refractivity contribution in [3.8, 4) is 0 Å². The largest absolute Gasteiger partial charge is 0.360 e. The minimum absolute atomic E-state index is 0.0522. The van der Waals surface area contributed by atoms with E-state index in [2.05, 4.69) is 42.4 Å². The number of aromatic nitrogens is 2. The van der Waals surface area contributed by atoms with E-state index in [1.165, 1.54) is 50.1 Å². The Morgan fingerprint density at radius 2 is 1.72 bits per heavy atom. The molecule has 0 aliphatic rings. The smallest absolute Gasteiger partial charge is 0.202 e. The summed E-state index contributed by atoms with van der Waals surface area (Å²) in [5.74, 6) is 0.943. The molecule has 1 aromatic heterocycles. The van der Waals surface area contributed by atoms with E-state index < -0.39 is 0 Å². The number of nitrogens with zero attached hydrogens (tertiary/aromatic N) is 2. The topological polar surface area (TPSA) is 37.8 Å². The van der Waals surface area contributed by atoms with Crippen LogP contribution in [0.2, 0.25) is 0 Å². The molecule has 4 heteroatoms. The summed E-state index contributed by atoms with van der Waals surface area (Å²) in [4.78, 5) is 4.53. The van der Waals surface area contributed by atoms with Gasteiger partial charge >= 0.3 is 0 Å². The molecule has 0 atom stereocenters. The molecule has 0 saturated heterocycles. The first-order valence-electron chi connectivity index (χ1n) is 7.12. The Bertz CT molecular complexity index is 328. The quantitative estimate of drug-likeness (QED) is 0.700. The molecule has 0 aromatic carbocycles. The lowest BCUT2D eigenvalue weighted by Crippen LogP contribution is -2.13. The van der Waals surface area contributed by atoms with Crippen LogP contribution in [0, 0.1) is 0 Å². The molecule has 1 aromatic rings. The lowest BCUT2D eigenvalue weighted by Gasteiger charge is -2.12. The van der Waals surface area contributed by atoms with Crippen molar-refractivity contribution in [1.29, 1.82) is 0 Å². The first kappa shape index (κ1) is 15.4. The standard InChI is InChI=1S/C14H27N3S/c1-5-6-7-8-9-10-11-15-13-16-12(17-18-13)14(2,3)4/h5-11H2,1-4H3,(H,15,16,17). The Balaban J connectivity index is 2.14. The summed E-state index contributed by atoms with van der Waals surface area (Å²) in [7, 11) is 0. The second-order valence-electron chi connectivity index (χ2n) is 5.87. The van der Waals surface area contributed by atoms with Gasteiger partial charge in [-0.1, -0.05) is 59.8 Å². The molecule has 0 aliphatic heterocycles. The van der Waals surface area contributed by atoms with Crippen LogP contribution in [0.5, 0.6) is 0 Å². The van der Waals surface area contributed by atoms with Crippen molar-refractivity contribution in [2.75, 3.05) is 11.9 Å². The third-order valence-corrected chi connectivity index (χ3v) is 3.58. The molecule has 1 N–H and O–H groups in total. The molecule has 0 fully saturated rings. The van der Waals surface area contributed by atoms with Crippen molar-refractivity contribution in [3.63, 3.8) is 0 Å². The highest BCUT2D eigenvalue weighted by molar-refractivity contribution is 7.09. The molecule has 104 valence electrons. The fraction of sp³-hybridized carbons (Fsp3) is 0.857. The summed E-state index contributed by atoms with van der Waals surface area (Å²) < 4.78 is 4.39. The Labute approximate surface area is 116 Å². The van der Waals surface area contributed by atoms with Crippen LogP contribution >= 0.6 is 11.5 Å². The van der Waals surface area contributed by atoms with Gasteiger partial charge in [-0.25, -0.2) is 4.98 Å². The number of hydrogen-bond acceptors (Lipinski definition) is 4. The highest BCUT2D eigenvalue weighted by atomic mass is 32.1. The highest BCUT2D eigenvalue weighted by Gasteiger charge is 2.19. The molecule has 0 spiro atoms. The van der Waals surface area contributed by atoms with E-state index in [9.17, 15) is 0 Å². The molecule has 18 heavy (non-hydrogen) atoms. The van der Waals surface area contributed by atoms with Gasteiger partial charge in [-0.2, -0.15) is 4.37 Å². The van der Waals surface area contributed by atoms with Crippen molar-refractivity contribution in [3.05, 3.63) is 5.82 Å². The van der Waals surface area contributed by atoms with Crippen molar-refractivity contribution < 1.29 is 0 Å². The fourth-order valence-electron chi connectivity index (χ4n) is 1.70. The number of rotatable bonds is 8. The molecular weight excluding hydrogens is 242 g/mol. The molecule has 0 bridgehead atoms. The zero-order valence-corrected chi connectivity index (χ0v) is 13.1. The van der Waals surface area contributed by atoms with Gasteiger partial charge in [0.15, 0.2) is 0 Å². The van der Waals surface area contributed by atoms with Crippen LogP contribution in [0.3, 0.4) is 0 Å². The second-order valence-corrected chi connectivity index (χ2v) is 6.62. The third-order valence-electron chi connectivity index (χ3n) is 2.90. The van der Waals surface area contributed by atoms with Crippen LogP contribution in [0.1, 0.15) is 72.0 Å². The van der Waals surface area contributed by atoms with Crippen LogP contribution in [0.4, 0.5) is 5.13 Å². The average molecular weight is 269 g/mol. The van der Waals surface area contributed by atoms with E-state index in [1.807, 2.05) is 0 Å².